The van der Waals surface area contributed by atoms with Crippen LogP contribution in [0.4, 0.5) is 5.13 Å². The molecule has 2 rings (SSSR count). The third-order valence-electron chi connectivity index (χ3n) is 3.36. The zero-order valence-corrected chi connectivity index (χ0v) is 12.8. The summed E-state index contributed by atoms with van der Waals surface area (Å²) >= 11 is 1.89. The third-order valence-corrected chi connectivity index (χ3v) is 4.60. The van der Waals surface area contributed by atoms with Crippen molar-refractivity contribution in [3.05, 3.63) is 10.6 Å². The summed E-state index contributed by atoms with van der Waals surface area (Å²) in [6.45, 7) is 8.79. The molecule has 0 saturated carbocycles. The summed E-state index contributed by atoms with van der Waals surface area (Å²) in [5.41, 5.74) is 1.32. The van der Waals surface area contributed by atoms with Crippen molar-refractivity contribution in [2.24, 2.45) is 5.92 Å². The summed E-state index contributed by atoms with van der Waals surface area (Å²) in [5.74, 6) is 0.681. The Bertz CT molecular complexity index is 386. The predicted molar refractivity (Wildman–Crippen MR) is 79.6 cm³/mol. The van der Waals surface area contributed by atoms with Gasteiger partial charge < -0.3 is 10.2 Å². The molecule has 1 unspecified atom stereocenters. The van der Waals surface area contributed by atoms with Crippen LogP contribution in [-0.4, -0.2) is 25.1 Å². The van der Waals surface area contributed by atoms with Gasteiger partial charge in [-0.15, -0.1) is 11.3 Å². The molecule has 0 radical (unpaired) electrons. The maximum Gasteiger partial charge on any atom is 0.185 e. The molecule has 0 aromatic carbocycles. The van der Waals surface area contributed by atoms with Crippen molar-refractivity contribution in [1.82, 2.24) is 10.3 Å². The van der Waals surface area contributed by atoms with Crippen molar-refractivity contribution in [3.63, 3.8) is 0 Å². The number of hydrogen-bond donors (Lipinski definition) is 1. The first-order valence-corrected chi connectivity index (χ1v) is 7.87. The van der Waals surface area contributed by atoms with Gasteiger partial charge in [-0.25, -0.2) is 4.98 Å². The highest BCUT2D eigenvalue weighted by Crippen LogP contribution is 2.36. The van der Waals surface area contributed by atoms with Gasteiger partial charge in [0, 0.05) is 18.5 Å². The van der Waals surface area contributed by atoms with Gasteiger partial charge in [-0.3, -0.25) is 0 Å². The van der Waals surface area contributed by atoms with Gasteiger partial charge >= 0.3 is 0 Å². The van der Waals surface area contributed by atoms with Gasteiger partial charge in [0.15, 0.2) is 5.13 Å². The molecule has 1 aliphatic carbocycles. The van der Waals surface area contributed by atoms with Crippen LogP contribution in [0.1, 0.15) is 50.2 Å². The van der Waals surface area contributed by atoms with Crippen LogP contribution in [-0.2, 0) is 6.42 Å². The Morgan fingerprint density at radius 1 is 1.50 bits per heavy atom. The van der Waals surface area contributed by atoms with E-state index in [2.05, 4.69) is 38.0 Å². The number of thiazole rings is 1. The molecule has 102 valence electrons. The lowest BCUT2D eigenvalue weighted by atomic mass is 9.98. The lowest BCUT2D eigenvalue weighted by molar-refractivity contribution is 0.465. The second kappa shape index (κ2) is 6.02. The second-order valence-corrected chi connectivity index (χ2v) is 6.64. The van der Waals surface area contributed by atoms with Crippen molar-refractivity contribution in [2.45, 2.75) is 46.1 Å². The van der Waals surface area contributed by atoms with Gasteiger partial charge in [0.2, 0.25) is 0 Å². The minimum Gasteiger partial charge on any atom is -0.351 e. The highest BCUT2D eigenvalue weighted by atomic mass is 32.1. The molecule has 1 aromatic heterocycles. The van der Waals surface area contributed by atoms with E-state index in [0.717, 1.165) is 13.1 Å². The minimum absolute atomic E-state index is 0.483. The van der Waals surface area contributed by atoms with Gasteiger partial charge in [0.25, 0.3) is 0 Å². The fourth-order valence-electron chi connectivity index (χ4n) is 2.64. The Morgan fingerprint density at radius 2 is 2.28 bits per heavy atom. The number of aromatic nitrogens is 1. The molecule has 0 spiro atoms. The monoisotopic (exact) mass is 267 g/mol. The minimum atomic E-state index is 0.483. The van der Waals surface area contributed by atoms with Crippen LogP contribution >= 0.6 is 11.3 Å². The molecule has 1 N–H and O–H groups in total. The third kappa shape index (κ3) is 3.04. The number of nitrogens with zero attached hydrogens (tertiary/aromatic N) is 2. The van der Waals surface area contributed by atoms with Crippen LogP contribution in [0.25, 0.3) is 0 Å². The molecule has 1 aliphatic rings. The van der Waals surface area contributed by atoms with E-state index in [4.69, 9.17) is 4.98 Å². The van der Waals surface area contributed by atoms with Gasteiger partial charge in [-0.2, -0.15) is 0 Å². The first kappa shape index (κ1) is 13.8. The van der Waals surface area contributed by atoms with Crippen molar-refractivity contribution < 1.29 is 0 Å². The predicted octanol–water partition coefficient (Wildman–Crippen LogP) is 3.22. The molecule has 0 fully saturated rings. The fraction of sp³-hybridized carbons (Fsp3) is 0.786. The van der Waals surface area contributed by atoms with Gasteiger partial charge in [0.1, 0.15) is 0 Å². The Hall–Kier alpha value is -0.610. The fourth-order valence-corrected chi connectivity index (χ4v) is 3.77. The van der Waals surface area contributed by atoms with E-state index in [1.54, 1.807) is 0 Å². The topological polar surface area (TPSA) is 28.2 Å². The molecule has 1 aromatic rings. The van der Waals surface area contributed by atoms with Crippen molar-refractivity contribution in [1.29, 1.82) is 0 Å². The smallest absolute Gasteiger partial charge is 0.185 e. The van der Waals surface area contributed by atoms with E-state index in [1.807, 2.05) is 11.3 Å². The summed E-state index contributed by atoms with van der Waals surface area (Å²) in [6, 6.07) is 0.483. The average Bonchev–Trinajstić information content (AvgIpc) is 2.73. The first-order valence-electron chi connectivity index (χ1n) is 7.06. The number of aryl methyl sites for hydroxylation is 1. The maximum absolute atomic E-state index is 4.89. The van der Waals surface area contributed by atoms with E-state index in [9.17, 15) is 0 Å². The van der Waals surface area contributed by atoms with Crippen molar-refractivity contribution >= 4 is 16.5 Å². The molecule has 4 heteroatoms. The van der Waals surface area contributed by atoms with Crippen LogP contribution in [0.2, 0.25) is 0 Å². The van der Waals surface area contributed by atoms with Gasteiger partial charge in [-0.1, -0.05) is 20.8 Å². The molecule has 0 amide bonds. The Labute approximate surface area is 115 Å². The second-order valence-electron chi connectivity index (χ2n) is 5.58. The van der Waals surface area contributed by atoms with Crippen molar-refractivity contribution in [3.8, 4) is 0 Å². The van der Waals surface area contributed by atoms with Gasteiger partial charge in [0.05, 0.1) is 11.7 Å². The van der Waals surface area contributed by atoms with Crippen molar-refractivity contribution in [2.75, 3.05) is 25.0 Å². The molecule has 1 heterocycles. The first-order chi connectivity index (χ1) is 8.61. The Balaban J connectivity index is 2.16. The number of nitrogens with one attached hydrogen (secondary N) is 1. The normalized spacial score (nSPS) is 19.1. The SMILES string of the molecule is CCNC1CCCc2sc(N(C)CC(C)C)nc21. The van der Waals surface area contributed by atoms with Crippen LogP contribution in [0.15, 0.2) is 0 Å². The highest BCUT2D eigenvalue weighted by molar-refractivity contribution is 7.15. The number of hydrogen-bond acceptors (Lipinski definition) is 4. The molecular weight excluding hydrogens is 242 g/mol. The lowest BCUT2D eigenvalue weighted by Gasteiger charge is -2.21. The highest BCUT2D eigenvalue weighted by Gasteiger charge is 2.24. The summed E-state index contributed by atoms with van der Waals surface area (Å²) in [7, 11) is 2.16. The van der Waals surface area contributed by atoms with Crippen LogP contribution in [0.5, 0.6) is 0 Å². The zero-order valence-electron chi connectivity index (χ0n) is 12.0. The van der Waals surface area contributed by atoms with E-state index < -0.39 is 0 Å². The van der Waals surface area contributed by atoms with E-state index in [1.165, 1.54) is 35.0 Å². The lowest BCUT2D eigenvalue weighted by Crippen LogP contribution is -2.25. The number of rotatable bonds is 5. The largest absolute Gasteiger partial charge is 0.351 e. The van der Waals surface area contributed by atoms with Gasteiger partial charge in [-0.05, 0) is 31.7 Å². The molecule has 3 nitrogen and oxygen atoms in total. The van der Waals surface area contributed by atoms with E-state index in [0.29, 0.717) is 12.0 Å². The maximum atomic E-state index is 4.89. The zero-order chi connectivity index (χ0) is 13.1. The molecule has 0 aliphatic heterocycles. The van der Waals surface area contributed by atoms with E-state index >= 15 is 0 Å². The van der Waals surface area contributed by atoms with Crippen LogP contribution in [0, 0.1) is 5.92 Å². The quantitative estimate of drug-likeness (QED) is 0.888. The molecular formula is C14H25N3S. The Kier molecular flexibility index (Phi) is 4.62. The summed E-state index contributed by atoms with van der Waals surface area (Å²) in [6.07, 6.45) is 3.74. The molecule has 0 bridgehead atoms. The molecule has 0 saturated heterocycles. The Morgan fingerprint density at radius 3 is 2.94 bits per heavy atom. The molecule has 18 heavy (non-hydrogen) atoms. The number of fused-ring (bicyclic) bond motifs is 1. The van der Waals surface area contributed by atoms with E-state index in [-0.39, 0.29) is 0 Å². The average molecular weight is 267 g/mol. The van der Waals surface area contributed by atoms with Crippen LogP contribution in [0.3, 0.4) is 0 Å². The molecule has 1 atom stereocenters. The summed E-state index contributed by atoms with van der Waals surface area (Å²) < 4.78 is 0. The summed E-state index contributed by atoms with van der Waals surface area (Å²) in [4.78, 5) is 8.69. The van der Waals surface area contributed by atoms with Crippen LogP contribution < -0.4 is 10.2 Å². The summed E-state index contributed by atoms with van der Waals surface area (Å²) in [5, 5.41) is 4.75. The number of anilines is 1. The standard InChI is InChI=1S/C14H25N3S/c1-5-15-11-7-6-8-12-13(11)16-14(18-12)17(4)9-10(2)3/h10-11,15H,5-9H2,1-4H3.